The van der Waals surface area contributed by atoms with Crippen molar-refractivity contribution in [3.05, 3.63) is 116 Å². The van der Waals surface area contributed by atoms with Crippen LogP contribution in [0, 0.1) is 12.8 Å². The van der Waals surface area contributed by atoms with Gasteiger partial charge in [0.25, 0.3) is 5.91 Å². The summed E-state index contributed by atoms with van der Waals surface area (Å²) in [7, 11) is -0.650. The van der Waals surface area contributed by atoms with Crippen LogP contribution in [0.1, 0.15) is 59.1 Å². The highest BCUT2D eigenvalue weighted by molar-refractivity contribution is 6.45. The minimum Gasteiger partial charge on any atom is -0.458 e. The molecule has 0 saturated carbocycles. The molecule has 3 aromatic carbocycles. The summed E-state index contributed by atoms with van der Waals surface area (Å²) in [5.41, 5.74) is 3.41. The van der Waals surface area contributed by atoms with Gasteiger partial charge in [-0.1, -0.05) is 73.5 Å². The summed E-state index contributed by atoms with van der Waals surface area (Å²) in [6.45, 7) is 8.63. The van der Waals surface area contributed by atoms with E-state index in [1.54, 1.807) is 25.0 Å². The summed E-state index contributed by atoms with van der Waals surface area (Å²) in [4.78, 5) is 29.9. The predicted molar refractivity (Wildman–Crippen MR) is 163 cm³/mol. The van der Waals surface area contributed by atoms with E-state index >= 15 is 0 Å². The molecule has 1 heterocycles. The standard InChI is InChI=1S/C32H36BClN2O4/c1-21(2)29(36(18-8-17-35-33(4)39)32(38)24-13-11-22(3)12-14-24)31-27(19-23-9-6-5-7-10-23)30(37)26-16-15-25(34)20-28(26)40-31/h5-7,9-16,20-21,29,35,39H,8,17-19H2,1-4H3. The molecule has 0 spiro atoms. The van der Waals surface area contributed by atoms with Crippen LogP contribution in [0.2, 0.25) is 11.8 Å². The number of carbonyl (C=O) groups is 1. The third kappa shape index (κ3) is 7.03. The summed E-state index contributed by atoms with van der Waals surface area (Å²) < 4.78 is 6.55. The van der Waals surface area contributed by atoms with E-state index in [1.807, 2.05) is 80.3 Å². The number of halogens is 1. The summed E-state index contributed by atoms with van der Waals surface area (Å²) in [6.07, 6.45) is 0.972. The maximum Gasteiger partial charge on any atom is 0.373 e. The SMILES string of the molecule is CB(O)NCCCN(C(=O)c1ccc(C)cc1)C(c1oc2cc(Cl)ccc2c(=O)c1Cc1ccccc1)C(C)C. The summed E-state index contributed by atoms with van der Waals surface area (Å²) in [6, 6.07) is 21.8. The van der Waals surface area contributed by atoms with Crippen molar-refractivity contribution in [2.75, 3.05) is 13.1 Å². The first-order valence-electron chi connectivity index (χ1n) is 13.7. The van der Waals surface area contributed by atoms with E-state index in [-0.39, 0.29) is 17.3 Å². The topological polar surface area (TPSA) is 82.8 Å². The van der Waals surface area contributed by atoms with Gasteiger partial charge in [0.15, 0.2) is 5.43 Å². The van der Waals surface area contributed by atoms with Gasteiger partial charge in [-0.15, -0.1) is 0 Å². The highest BCUT2D eigenvalue weighted by atomic mass is 35.5. The largest absolute Gasteiger partial charge is 0.458 e. The average molecular weight is 559 g/mol. The minimum absolute atomic E-state index is 0.0755. The smallest absolute Gasteiger partial charge is 0.373 e. The van der Waals surface area contributed by atoms with Crippen LogP contribution in [0.15, 0.2) is 82.0 Å². The minimum atomic E-state index is -0.650. The number of benzene rings is 3. The van der Waals surface area contributed by atoms with Crippen LogP contribution in [0.4, 0.5) is 0 Å². The Morgan fingerprint density at radius 3 is 2.42 bits per heavy atom. The van der Waals surface area contributed by atoms with Gasteiger partial charge in [0.2, 0.25) is 0 Å². The molecule has 1 atom stereocenters. The van der Waals surface area contributed by atoms with E-state index in [9.17, 15) is 14.6 Å². The average Bonchev–Trinajstić information content (AvgIpc) is 2.92. The van der Waals surface area contributed by atoms with Gasteiger partial charge in [-0.25, -0.2) is 0 Å². The first-order valence-corrected chi connectivity index (χ1v) is 14.1. The fraction of sp³-hybridized carbons (Fsp3) is 0.312. The second kappa shape index (κ2) is 13.3. The van der Waals surface area contributed by atoms with Crippen LogP contribution in [0.25, 0.3) is 11.0 Å². The molecule has 4 rings (SSSR count). The zero-order chi connectivity index (χ0) is 28.8. The van der Waals surface area contributed by atoms with Gasteiger partial charge in [-0.05, 0) is 62.5 Å². The Balaban J connectivity index is 1.88. The van der Waals surface area contributed by atoms with Gasteiger partial charge in [-0.2, -0.15) is 0 Å². The molecule has 2 N–H and O–H groups in total. The lowest BCUT2D eigenvalue weighted by Crippen LogP contribution is -2.41. The Hall–Kier alpha value is -3.39. The Labute approximate surface area is 241 Å². The summed E-state index contributed by atoms with van der Waals surface area (Å²) in [5, 5.41) is 13.6. The number of rotatable bonds is 11. The number of nitrogens with one attached hydrogen (secondary N) is 1. The van der Waals surface area contributed by atoms with Crippen molar-refractivity contribution in [1.82, 2.24) is 10.1 Å². The third-order valence-corrected chi connectivity index (χ3v) is 7.25. The van der Waals surface area contributed by atoms with Gasteiger partial charge in [-0.3, -0.25) is 9.59 Å². The molecule has 0 fully saturated rings. The number of fused-ring (bicyclic) bond motifs is 1. The molecule has 40 heavy (non-hydrogen) atoms. The second-order valence-electron chi connectivity index (χ2n) is 10.6. The molecule has 1 aromatic heterocycles. The molecule has 208 valence electrons. The van der Waals surface area contributed by atoms with E-state index in [1.165, 1.54) is 0 Å². The van der Waals surface area contributed by atoms with Gasteiger partial charge >= 0.3 is 7.05 Å². The molecule has 4 aromatic rings. The number of amides is 1. The Kier molecular flexibility index (Phi) is 9.85. The third-order valence-electron chi connectivity index (χ3n) is 7.01. The normalized spacial score (nSPS) is 12.1. The molecule has 0 aliphatic carbocycles. The first-order chi connectivity index (χ1) is 19.2. The van der Waals surface area contributed by atoms with Crippen molar-refractivity contribution in [3.63, 3.8) is 0 Å². The van der Waals surface area contributed by atoms with E-state index in [0.717, 1.165) is 11.1 Å². The van der Waals surface area contributed by atoms with Crippen LogP contribution >= 0.6 is 11.6 Å². The lowest BCUT2D eigenvalue weighted by Gasteiger charge is -2.35. The van der Waals surface area contributed by atoms with Crippen LogP contribution in [-0.2, 0) is 6.42 Å². The van der Waals surface area contributed by atoms with Crippen LogP contribution in [0.3, 0.4) is 0 Å². The second-order valence-corrected chi connectivity index (χ2v) is 11.1. The Morgan fingerprint density at radius 1 is 1.07 bits per heavy atom. The van der Waals surface area contributed by atoms with E-state index < -0.39 is 13.1 Å². The van der Waals surface area contributed by atoms with Crippen molar-refractivity contribution in [2.24, 2.45) is 5.92 Å². The molecular weight excluding hydrogens is 523 g/mol. The summed E-state index contributed by atoms with van der Waals surface area (Å²) in [5.74, 6) is 0.256. The first kappa shape index (κ1) is 29.6. The predicted octanol–water partition coefficient (Wildman–Crippen LogP) is 6.28. The molecule has 1 unspecified atom stereocenters. The molecule has 0 aliphatic heterocycles. The molecule has 0 saturated heterocycles. The molecule has 0 bridgehead atoms. The van der Waals surface area contributed by atoms with Crippen molar-refractivity contribution in [3.8, 4) is 0 Å². The zero-order valence-corrected chi connectivity index (χ0v) is 24.2. The van der Waals surface area contributed by atoms with Crippen LogP contribution in [-0.4, -0.2) is 36.0 Å². The van der Waals surface area contributed by atoms with E-state index in [4.69, 9.17) is 16.0 Å². The van der Waals surface area contributed by atoms with Crippen molar-refractivity contribution < 1.29 is 14.2 Å². The van der Waals surface area contributed by atoms with E-state index in [2.05, 4.69) is 5.23 Å². The highest BCUT2D eigenvalue weighted by Crippen LogP contribution is 2.35. The van der Waals surface area contributed by atoms with Gasteiger partial charge < -0.3 is 19.6 Å². The van der Waals surface area contributed by atoms with Crippen molar-refractivity contribution >= 4 is 35.5 Å². The lowest BCUT2D eigenvalue weighted by molar-refractivity contribution is 0.0586. The van der Waals surface area contributed by atoms with E-state index in [0.29, 0.717) is 58.8 Å². The number of carbonyl (C=O) groups excluding carboxylic acids is 1. The number of nitrogens with zero attached hydrogens (tertiary/aromatic N) is 1. The molecule has 0 aliphatic rings. The van der Waals surface area contributed by atoms with Gasteiger partial charge in [0, 0.05) is 35.2 Å². The Morgan fingerprint density at radius 2 is 1.77 bits per heavy atom. The lowest BCUT2D eigenvalue weighted by atomic mass is 9.89. The zero-order valence-electron chi connectivity index (χ0n) is 23.5. The number of aryl methyl sites for hydroxylation is 1. The maximum atomic E-state index is 14.1. The van der Waals surface area contributed by atoms with Gasteiger partial charge in [0.1, 0.15) is 11.3 Å². The quantitative estimate of drug-likeness (QED) is 0.167. The monoisotopic (exact) mass is 558 g/mol. The van der Waals surface area contributed by atoms with Crippen molar-refractivity contribution in [2.45, 2.75) is 46.5 Å². The van der Waals surface area contributed by atoms with Crippen LogP contribution in [0.5, 0.6) is 0 Å². The van der Waals surface area contributed by atoms with Gasteiger partial charge in [0.05, 0.1) is 11.4 Å². The maximum absolute atomic E-state index is 14.1. The molecule has 0 radical (unpaired) electrons. The summed E-state index contributed by atoms with van der Waals surface area (Å²) >= 11 is 6.30. The molecule has 8 heteroatoms. The fourth-order valence-corrected chi connectivity index (χ4v) is 5.18. The highest BCUT2D eigenvalue weighted by Gasteiger charge is 2.33. The molecule has 6 nitrogen and oxygen atoms in total. The fourth-order valence-electron chi connectivity index (χ4n) is 5.02. The van der Waals surface area contributed by atoms with Crippen molar-refractivity contribution in [1.29, 1.82) is 0 Å². The molecule has 1 amide bonds. The Bertz CT molecular complexity index is 1500. The van der Waals surface area contributed by atoms with Crippen LogP contribution < -0.4 is 10.7 Å². The number of hydrogen-bond donors (Lipinski definition) is 2. The number of hydrogen-bond acceptors (Lipinski definition) is 5. The molecular formula is C32H36BClN2O4.